The van der Waals surface area contributed by atoms with Crippen LogP contribution in [0.15, 0.2) is 64.0 Å². The standard InChI is InChI=1S/C24H26N4O5S/c1-3-28(23-14-16(2)26-33-23)24(30)18-6-8-19(9-7-18)25-22(29)15-17-4-12-21(13-5-17)34(31,32)27-20-10-11-20/h4-9,12-14,20,27H,3,10-11,15H2,1-2H3,(H,25,29). The van der Waals surface area contributed by atoms with Gasteiger partial charge in [0.05, 0.1) is 17.0 Å². The molecule has 1 aliphatic rings. The zero-order valence-electron chi connectivity index (χ0n) is 18.9. The summed E-state index contributed by atoms with van der Waals surface area (Å²) in [6.07, 6.45) is 1.82. The molecule has 0 atom stereocenters. The molecule has 0 saturated heterocycles. The Balaban J connectivity index is 1.35. The number of nitrogens with one attached hydrogen (secondary N) is 2. The summed E-state index contributed by atoms with van der Waals surface area (Å²) in [7, 11) is -3.52. The van der Waals surface area contributed by atoms with Crippen LogP contribution in [0.5, 0.6) is 0 Å². The fourth-order valence-corrected chi connectivity index (χ4v) is 4.70. The molecule has 1 heterocycles. The molecule has 1 aromatic heterocycles. The molecule has 0 bridgehead atoms. The Morgan fingerprint density at radius 2 is 1.76 bits per heavy atom. The molecule has 2 aromatic carbocycles. The van der Waals surface area contributed by atoms with Gasteiger partial charge in [-0.2, -0.15) is 0 Å². The van der Waals surface area contributed by atoms with Gasteiger partial charge in [-0.25, -0.2) is 13.1 Å². The van der Waals surface area contributed by atoms with Crippen LogP contribution in [0.4, 0.5) is 11.6 Å². The molecule has 0 spiro atoms. The summed E-state index contributed by atoms with van der Waals surface area (Å²) in [5, 5.41) is 6.61. The number of nitrogens with zero attached hydrogens (tertiary/aromatic N) is 2. The third-order valence-corrected chi connectivity index (χ3v) is 6.89. The van der Waals surface area contributed by atoms with Gasteiger partial charge in [-0.15, -0.1) is 0 Å². The summed E-state index contributed by atoms with van der Waals surface area (Å²) in [6, 6.07) is 14.6. The quantitative estimate of drug-likeness (QED) is 0.483. The van der Waals surface area contributed by atoms with Gasteiger partial charge in [0, 0.05) is 29.9 Å². The number of benzene rings is 2. The maximum Gasteiger partial charge on any atom is 0.260 e. The molecule has 10 heteroatoms. The van der Waals surface area contributed by atoms with Gasteiger partial charge in [-0.1, -0.05) is 17.3 Å². The molecule has 3 aromatic rings. The lowest BCUT2D eigenvalue weighted by atomic mass is 10.1. The van der Waals surface area contributed by atoms with E-state index in [4.69, 9.17) is 4.52 Å². The van der Waals surface area contributed by atoms with Gasteiger partial charge in [-0.3, -0.25) is 14.5 Å². The lowest BCUT2D eigenvalue weighted by Gasteiger charge is -2.17. The first-order valence-electron chi connectivity index (χ1n) is 11.0. The van der Waals surface area contributed by atoms with Gasteiger partial charge < -0.3 is 9.84 Å². The highest BCUT2D eigenvalue weighted by atomic mass is 32.2. The summed E-state index contributed by atoms with van der Waals surface area (Å²) in [5.41, 5.74) is 2.37. The van der Waals surface area contributed by atoms with Crippen molar-refractivity contribution in [1.82, 2.24) is 9.88 Å². The van der Waals surface area contributed by atoms with Crippen LogP contribution in [-0.4, -0.2) is 38.0 Å². The molecule has 0 aliphatic heterocycles. The number of amides is 2. The van der Waals surface area contributed by atoms with E-state index in [-0.39, 0.29) is 29.2 Å². The second kappa shape index (κ2) is 9.78. The summed E-state index contributed by atoms with van der Waals surface area (Å²) in [5.74, 6) is -0.106. The number of hydrogen-bond acceptors (Lipinski definition) is 6. The fourth-order valence-electron chi connectivity index (χ4n) is 3.39. The van der Waals surface area contributed by atoms with Crippen LogP contribution in [-0.2, 0) is 21.2 Å². The molecule has 4 rings (SSSR count). The van der Waals surface area contributed by atoms with Gasteiger partial charge in [-0.05, 0) is 68.7 Å². The number of carbonyl (C=O) groups excluding carboxylic acids is 2. The van der Waals surface area contributed by atoms with Crippen molar-refractivity contribution in [2.24, 2.45) is 0 Å². The number of sulfonamides is 1. The summed E-state index contributed by atoms with van der Waals surface area (Å²) in [6.45, 7) is 4.05. The van der Waals surface area contributed by atoms with Gasteiger partial charge in [0.15, 0.2) is 0 Å². The SMILES string of the molecule is CCN(C(=O)c1ccc(NC(=O)Cc2ccc(S(=O)(=O)NC3CC3)cc2)cc1)c1cc(C)no1. The number of carbonyl (C=O) groups is 2. The van der Waals surface area contributed by atoms with Crippen LogP contribution in [0.25, 0.3) is 0 Å². The van der Waals surface area contributed by atoms with E-state index >= 15 is 0 Å². The van der Waals surface area contributed by atoms with E-state index in [1.165, 1.54) is 17.0 Å². The maximum absolute atomic E-state index is 12.8. The van der Waals surface area contributed by atoms with Crippen molar-refractivity contribution in [3.63, 3.8) is 0 Å². The maximum atomic E-state index is 12.8. The minimum absolute atomic E-state index is 0.0357. The molecule has 1 saturated carbocycles. The first kappa shape index (κ1) is 23.7. The third-order valence-electron chi connectivity index (χ3n) is 5.36. The van der Waals surface area contributed by atoms with Crippen LogP contribution in [0.3, 0.4) is 0 Å². The third kappa shape index (κ3) is 5.70. The minimum atomic E-state index is -3.52. The van der Waals surface area contributed by atoms with E-state index in [1.54, 1.807) is 49.4 Å². The predicted octanol–water partition coefficient (Wildman–Crippen LogP) is 3.27. The van der Waals surface area contributed by atoms with Crippen LogP contribution in [0, 0.1) is 6.92 Å². The lowest BCUT2D eigenvalue weighted by Crippen LogP contribution is -2.30. The van der Waals surface area contributed by atoms with Crippen molar-refractivity contribution in [3.05, 3.63) is 71.4 Å². The van der Waals surface area contributed by atoms with E-state index in [2.05, 4.69) is 15.2 Å². The molecule has 34 heavy (non-hydrogen) atoms. The highest BCUT2D eigenvalue weighted by Gasteiger charge is 2.27. The van der Waals surface area contributed by atoms with Crippen LogP contribution in [0.1, 0.15) is 41.4 Å². The molecule has 9 nitrogen and oxygen atoms in total. The number of anilines is 2. The molecule has 1 aliphatic carbocycles. The average Bonchev–Trinajstić information content (AvgIpc) is 3.51. The molecule has 0 radical (unpaired) electrons. The molecule has 178 valence electrons. The van der Waals surface area contributed by atoms with Crippen LogP contribution < -0.4 is 14.9 Å². The molecule has 0 unspecified atom stereocenters. The Kier molecular flexibility index (Phi) is 6.80. The molecular weight excluding hydrogens is 456 g/mol. The van der Waals surface area contributed by atoms with Crippen molar-refractivity contribution in [1.29, 1.82) is 0 Å². The predicted molar refractivity (Wildman–Crippen MR) is 127 cm³/mol. The first-order chi connectivity index (χ1) is 16.2. The zero-order chi connectivity index (χ0) is 24.3. The highest BCUT2D eigenvalue weighted by molar-refractivity contribution is 7.89. The summed E-state index contributed by atoms with van der Waals surface area (Å²) >= 11 is 0. The second-order valence-electron chi connectivity index (χ2n) is 8.20. The Bertz CT molecular complexity index is 1280. The number of hydrogen-bond donors (Lipinski definition) is 2. The Morgan fingerprint density at radius 3 is 2.32 bits per heavy atom. The topological polar surface area (TPSA) is 122 Å². The Labute approximate surface area is 198 Å². The van der Waals surface area contributed by atoms with Crippen molar-refractivity contribution < 1.29 is 22.5 Å². The molecule has 2 amide bonds. The highest BCUT2D eigenvalue weighted by Crippen LogP contribution is 2.23. The van der Waals surface area contributed by atoms with E-state index in [0.29, 0.717) is 34.9 Å². The van der Waals surface area contributed by atoms with E-state index < -0.39 is 10.0 Å². The second-order valence-corrected chi connectivity index (χ2v) is 9.91. The van der Waals surface area contributed by atoms with Crippen molar-refractivity contribution in [2.45, 2.75) is 44.0 Å². The summed E-state index contributed by atoms with van der Waals surface area (Å²) < 4.78 is 32.3. The zero-order valence-corrected chi connectivity index (χ0v) is 19.8. The molecule has 2 N–H and O–H groups in total. The number of aryl methyl sites for hydroxylation is 1. The smallest absolute Gasteiger partial charge is 0.260 e. The van der Waals surface area contributed by atoms with Gasteiger partial charge in [0.1, 0.15) is 0 Å². The monoisotopic (exact) mass is 482 g/mol. The Hall–Kier alpha value is -3.50. The van der Waals surface area contributed by atoms with Gasteiger partial charge in [0.25, 0.3) is 5.91 Å². The van der Waals surface area contributed by atoms with Gasteiger partial charge >= 0.3 is 0 Å². The van der Waals surface area contributed by atoms with Crippen molar-refractivity contribution in [3.8, 4) is 0 Å². The fraction of sp³-hybridized carbons (Fsp3) is 0.292. The summed E-state index contributed by atoms with van der Waals surface area (Å²) in [4.78, 5) is 26.9. The normalized spacial score (nSPS) is 13.5. The van der Waals surface area contributed by atoms with E-state index in [1.807, 2.05) is 6.92 Å². The average molecular weight is 483 g/mol. The van der Waals surface area contributed by atoms with Crippen molar-refractivity contribution >= 4 is 33.4 Å². The Morgan fingerprint density at radius 1 is 1.09 bits per heavy atom. The lowest BCUT2D eigenvalue weighted by molar-refractivity contribution is -0.115. The molecule has 1 fully saturated rings. The van der Waals surface area contributed by atoms with Crippen LogP contribution >= 0.6 is 0 Å². The number of aromatic nitrogens is 1. The minimum Gasteiger partial charge on any atom is -0.338 e. The van der Waals surface area contributed by atoms with Crippen molar-refractivity contribution in [2.75, 3.05) is 16.8 Å². The first-order valence-corrected chi connectivity index (χ1v) is 12.5. The van der Waals surface area contributed by atoms with E-state index in [0.717, 1.165) is 12.8 Å². The van der Waals surface area contributed by atoms with E-state index in [9.17, 15) is 18.0 Å². The largest absolute Gasteiger partial charge is 0.338 e. The number of rotatable bonds is 9. The molecular formula is C24H26N4O5S. The van der Waals surface area contributed by atoms with Gasteiger partial charge in [0.2, 0.25) is 21.8 Å². The van der Waals surface area contributed by atoms with Crippen LogP contribution in [0.2, 0.25) is 0 Å².